The van der Waals surface area contributed by atoms with Crippen molar-refractivity contribution in [3.05, 3.63) is 71.8 Å². The van der Waals surface area contributed by atoms with Gasteiger partial charge in [-0.2, -0.15) is 0 Å². The zero-order chi connectivity index (χ0) is 21.7. The highest BCUT2D eigenvalue weighted by molar-refractivity contribution is 5.99. The minimum absolute atomic E-state index is 0.0442. The van der Waals surface area contributed by atoms with Crippen LogP contribution in [0.5, 0.6) is 0 Å². The van der Waals surface area contributed by atoms with Crippen LogP contribution < -0.4 is 0 Å². The van der Waals surface area contributed by atoms with E-state index in [0.29, 0.717) is 5.56 Å². The minimum Gasteiger partial charge on any atom is -0.445 e. The SMILES string of the molecule is CO[C@H]1C(=O)[C@@H](N(C)C(=O)c2ccccc2)CN(C(=O)OCc2ccccc2)[C@H]1C. The van der Waals surface area contributed by atoms with Crippen molar-refractivity contribution in [1.82, 2.24) is 9.80 Å². The zero-order valence-electron chi connectivity index (χ0n) is 17.4. The van der Waals surface area contributed by atoms with Gasteiger partial charge in [0.15, 0.2) is 5.78 Å². The third kappa shape index (κ3) is 4.52. The summed E-state index contributed by atoms with van der Waals surface area (Å²) in [7, 11) is 2.99. The fraction of sp³-hybridized carbons (Fsp3) is 0.348. The molecule has 158 valence electrons. The van der Waals surface area contributed by atoms with E-state index < -0.39 is 24.3 Å². The van der Waals surface area contributed by atoms with Gasteiger partial charge in [0.2, 0.25) is 0 Å². The van der Waals surface area contributed by atoms with Gasteiger partial charge in [-0.1, -0.05) is 48.5 Å². The van der Waals surface area contributed by atoms with Crippen LogP contribution in [-0.2, 0) is 20.9 Å². The number of benzene rings is 2. The van der Waals surface area contributed by atoms with E-state index in [9.17, 15) is 14.4 Å². The summed E-state index contributed by atoms with van der Waals surface area (Å²) in [5.74, 6) is -0.528. The summed E-state index contributed by atoms with van der Waals surface area (Å²) in [4.78, 5) is 41.5. The van der Waals surface area contributed by atoms with Crippen LogP contribution in [0.1, 0.15) is 22.8 Å². The lowest BCUT2D eigenvalue weighted by atomic mass is 9.93. The number of nitrogens with zero attached hydrogens (tertiary/aromatic N) is 2. The molecule has 2 aromatic rings. The van der Waals surface area contributed by atoms with Crippen molar-refractivity contribution in [3.8, 4) is 0 Å². The van der Waals surface area contributed by atoms with Crippen LogP contribution in [0.3, 0.4) is 0 Å². The summed E-state index contributed by atoms with van der Waals surface area (Å²) in [5, 5.41) is 0. The number of likely N-dealkylation sites (tertiary alicyclic amines) is 1. The number of carbonyl (C=O) groups excluding carboxylic acids is 3. The van der Waals surface area contributed by atoms with Gasteiger partial charge in [0.05, 0.1) is 12.6 Å². The number of ketones is 1. The van der Waals surface area contributed by atoms with E-state index >= 15 is 0 Å². The monoisotopic (exact) mass is 410 g/mol. The Morgan fingerprint density at radius 3 is 2.27 bits per heavy atom. The van der Waals surface area contributed by atoms with Crippen LogP contribution >= 0.6 is 0 Å². The Kier molecular flexibility index (Phi) is 6.84. The van der Waals surface area contributed by atoms with Crippen molar-refractivity contribution in [3.63, 3.8) is 0 Å². The average molecular weight is 410 g/mol. The quantitative estimate of drug-likeness (QED) is 0.758. The molecule has 0 bridgehead atoms. The van der Waals surface area contributed by atoms with Crippen LogP contribution in [0.15, 0.2) is 60.7 Å². The van der Waals surface area contributed by atoms with Gasteiger partial charge in [-0.15, -0.1) is 0 Å². The van der Waals surface area contributed by atoms with Crippen molar-refractivity contribution >= 4 is 17.8 Å². The molecule has 1 heterocycles. The van der Waals surface area contributed by atoms with Gasteiger partial charge in [0.25, 0.3) is 5.91 Å². The molecular weight excluding hydrogens is 384 g/mol. The number of carbonyl (C=O) groups is 3. The third-order valence-electron chi connectivity index (χ3n) is 5.41. The van der Waals surface area contributed by atoms with E-state index in [1.165, 1.54) is 16.9 Å². The first-order valence-electron chi connectivity index (χ1n) is 9.80. The lowest BCUT2D eigenvalue weighted by Crippen LogP contribution is -2.64. The molecule has 3 rings (SSSR count). The molecule has 0 N–H and O–H groups in total. The lowest BCUT2D eigenvalue weighted by molar-refractivity contribution is -0.142. The highest BCUT2D eigenvalue weighted by Gasteiger charge is 2.45. The number of likely N-dealkylation sites (N-methyl/N-ethyl adjacent to an activating group) is 1. The average Bonchev–Trinajstić information content (AvgIpc) is 2.78. The largest absolute Gasteiger partial charge is 0.445 e. The van der Waals surface area contributed by atoms with Gasteiger partial charge in [0, 0.05) is 19.7 Å². The molecule has 7 heteroatoms. The van der Waals surface area contributed by atoms with Crippen LogP contribution in [0.2, 0.25) is 0 Å². The molecule has 0 unspecified atom stereocenters. The van der Waals surface area contributed by atoms with Gasteiger partial charge in [-0.25, -0.2) is 4.79 Å². The number of hydrogen-bond donors (Lipinski definition) is 0. The van der Waals surface area contributed by atoms with E-state index in [2.05, 4.69) is 0 Å². The molecule has 30 heavy (non-hydrogen) atoms. The predicted molar refractivity (Wildman–Crippen MR) is 111 cm³/mol. The normalized spacial score (nSPS) is 21.2. The van der Waals surface area contributed by atoms with Crippen LogP contribution in [0, 0.1) is 0 Å². The molecule has 1 saturated heterocycles. The van der Waals surface area contributed by atoms with Gasteiger partial charge >= 0.3 is 6.09 Å². The predicted octanol–water partition coefficient (Wildman–Crippen LogP) is 2.75. The second-order valence-corrected chi connectivity index (χ2v) is 7.29. The third-order valence-corrected chi connectivity index (χ3v) is 5.41. The van der Waals surface area contributed by atoms with Crippen LogP contribution in [0.4, 0.5) is 4.79 Å². The van der Waals surface area contributed by atoms with E-state index in [1.54, 1.807) is 38.2 Å². The van der Waals surface area contributed by atoms with E-state index in [4.69, 9.17) is 9.47 Å². The summed E-state index contributed by atoms with van der Waals surface area (Å²) in [6.07, 6.45) is -1.40. The Morgan fingerprint density at radius 1 is 1.07 bits per heavy atom. The Bertz CT molecular complexity index is 887. The summed E-state index contributed by atoms with van der Waals surface area (Å²) < 4.78 is 10.8. The van der Waals surface area contributed by atoms with Gasteiger partial charge < -0.3 is 14.4 Å². The standard InChI is InChI=1S/C23H26N2O5/c1-16-21(29-3)20(26)19(24(2)22(27)18-12-8-5-9-13-18)14-25(16)23(28)30-15-17-10-6-4-7-11-17/h4-13,16,19,21H,14-15H2,1-3H3/t16-,19-,21+/m0/s1. The topological polar surface area (TPSA) is 76.2 Å². The van der Waals surface area contributed by atoms with Crippen LogP contribution in [0.25, 0.3) is 0 Å². The number of piperidine rings is 1. The smallest absolute Gasteiger partial charge is 0.410 e. The second kappa shape index (κ2) is 9.54. The first-order chi connectivity index (χ1) is 14.4. The molecule has 1 aliphatic heterocycles. The zero-order valence-corrected chi connectivity index (χ0v) is 17.4. The molecule has 0 aromatic heterocycles. The maximum Gasteiger partial charge on any atom is 0.410 e. The maximum atomic E-state index is 13.0. The number of ether oxygens (including phenoxy) is 2. The van der Waals surface area contributed by atoms with E-state index in [1.807, 2.05) is 36.4 Å². The second-order valence-electron chi connectivity index (χ2n) is 7.29. The molecule has 2 amide bonds. The highest BCUT2D eigenvalue weighted by Crippen LogP contribution is 2.23. The van der Waals surface area contributed by atoms with Crippen molar-refractivity contribution in [1.29, 1.82) is 0 Å². The Hall–Kier alpha value is -3.19. The van der Waals surface area contributed by atoms with Crippen molar-refractivity contribution in [2.45, 2.75) is 31.7 Å². The molecule has 0 saturated carbocycles. The fourth-order valence-electron chi connectivity index (χ4n) is 3.63. The molecule has 1 aliphatic rings. The summed E-state index contributed by atoms with van der Waals surface area (Å²) in [6, 6.07) is 16.7. The Morgan fingerprint density at radius 2 is 1.67 bits per heavy atom. The lowest BCUT2D eigenvalue weighted by Gasteiger charge is -2.43. The van der Waals surface area contributed by atoms with E-state index in [-0.39, 0.29) is 24.8 Å². The molecule has 7 nitrogen and oxygen atoms in total. The van der Waals surface area contributed by atoms with Gasteiger partial charge in [0.1, 0.15) is 18.8 Å². The molecule has 0 radical (unpaired) electrons. The first-order valence-corrected chi connectivity index (χ1v) is 9.80. The summed E-state index contributed by atoms with van der Waals surface area (Å²) >= 11 is 0. The molecule has 0 aliphatic carbocycles. The van der Waals surface area contributed by atoms with Gasteiger partial charge in [-0.3, -0.25) is 14.5 Å². The minimum atomic E-state index is -0.848. The fourth-order valence-corrected chi connectivity index (χ4v) is 3.63. The number of hydrogen-bond acceptors (Lipinski definition) is 5. The maximum absolute atomic E-state index is 13.0. The summed E-state index contributed by atoms with van der Waals surface area (Å²) in [6.45, 7) is 1.91. The molecule has 3 atom stereocenters. The highest BCUT2D eigenvalue weighted by atomic mass is 16.6. The Balaban J connectivity index is 1.76. The summed E-state index contributed by atoms with van der Waals surface area (Å²) in [5.41, 5.74) is 1.33. The van der Waals surface area contributed by atoms with E-state index in [0.717, 1.165) is 5.56 Å². The number of rotatable bonds is 5. The Labute approximate surface area is 176 Å². The van der Waals surface area contributed by atoms with Crippen LogP contribution in [-0.4, -0.2) is 66.5 Å². The van der Waals surface area contributed by atoms with Crippen molar-refractivity contribution in [2.24, 2.45) is 0 Å². The van der Waals surface area contributed by atoms with Crippen molar-refractivity contribution < 1.29 is 23.9 Å². The van der Waals surface area contributed by atoms with Gasteiger partial charge in [-0.05, 0) is 24.6 Å². The molecule has 0 spiro atoms. The molecule has 2 aromatic carbocycles. The number of amides is 2. The number of Topliss-reactive ketones (excluding diaryl/α,β-unsaturated/α-hetero) is 1. The molecular formula is C23H26N2O5. The first kappa shape index (κ1) is 21.5. The van der Waals surface area contributed by atoms with Crippen molar-refractivity contribution in [2.75, 3.05) is 20.7 Å². The molecule has 1 fully saturated rings. The number of methoxy groups -OCH3 is 1.